The molecule has 0 unspecified atom stereocenters. The van der Waals surface area contributed by atoms with Crippen molar-refractivity contribution in [1.29, 1.82) is 5.26 Å². The second-order valence-electron chi connectivity index (χ2n) is 6.56. The third kappa shape index (κ3) is 2.49. The molecule has 2 heterocycles. The number of hydrogen-bond acceptors (Lipinski definition) is 2. The van der Waals surface area contributed by atoms with E-state index >= 15 is 0 Å². The van der Waals surface area contributed by atoms with E-state index in [1.807, 2.05) is 0 Å². The van der Waals surface area contributed by atoms with Gasteiger partial charge in [-0.15, -0.1) is 0 Å². The second kappa shape index (κ2) is 6.04. The van der Waals surface area contributed by atoms with Gasteiger partial charge in [0.25, 0.3) is 5.82 Å². The average Bonchev–Trinajstić information content (AvgIpc) is 3.15. The minimum atomic E-state index is 0.890. The molecule has 1 N–H and O–H groups in total. The lowest BCUT2D eigenvalue weighted by molar-refractivity contribution is -0.351. The van der Waals surface area contributed by atoms with Crippen LogP contribution in [0.15, 0.2) is 30.3 Å². The van der Waals surface area contributed by atoms with Gasteiger partial charge in [0.05, 0.1) is 13.1 Å². The molecule has 3 nitrogen and oxygen atoms in total. The molecule has 0 radical (unpaired) electrons. The van der Waals surface area contributed by atoms with Gasteiger partial charge in [0.15, 0.2) is 0 Å². The van der Waals surface area contributed by atoms with Gasteiger partial charge in [-0.05, 0) is 44.1 Å². The molecular formula is C20H22N3+. The number of benzene rings is 1. The van der Waals surface area contributed by atoms with E-state index in [4.69, 9.17) is 0 Å². The first kappa shape index (κ1) is 14.3. The molecule has 0 saturated carbocycles. The summed E-state index contributed by atoms with van der Waals surface area (Å²) in [7, 11) is 0. The van der Waals surface area contributed by atoms with Crippen molar-refractivity contribution in [3.8, 4) is 17.3 Å². The first-order valence-corrected chi connectivity index (χ1v) is 8.70. The highest BCUT2D eigenvalue weighted by Gasteiger charge is 2.31. The normalized spacial score (nSPS) is 16.9. The van der Waals surface area contributed by atoms with Gasteiger partial charge in [-0.2, -0.15) is 5.26 Å². The van der Waals surface area contributed by atoms with E-state index in [1.165, 1.54) is 48.1 Å². The predicted molar refractivity (Wildman–Crippen MR) is 91.2 cm³/mol. The third-order valence-corrected chi connectivity index (χ3v) is 5.15. The molecular weight excluding hydrogens is 282 g/mol. The number of anilines is 1. The highest BCUT2D eigenvalue weighted by atomic mass is 15.2. The van der Waals surface area contributed by atoms with E-state index in [9.17, 15) is 5.26 Å². The van der Waals surface area contributed by atoms with Gasteiger partial charge in [0.2, 0.25) is 0 Å². The summed E-state index contributed by atoms with van der Waals surface area (Å²) < 4.78 is 0. The topological polar surface area (TPSA) is 41.2 Å². The quantitative estimate of drug-likeness (QED) is 0.852. The van der Waals surface area contributed by atoms with Crippen LogP contribution >= 0.6 is 0 Å². The SMILES string of the molecule is N#Cc1c(N2CCCC2)[nH+]c(-c2ccccc2)c2c1CCCC2. The predicted octanol–water partition coefficient (Wildman–Crippen LogP) is 3.52. The van der Waals surface area contributed by atoms with Crippen LogP contribution in [0.1, 0.15) is 42.4 Å². The van der Waals surface area contributed by atoms with Gasteiger partial charge in [-0.3, -0.25) is 4.90 Å². The van der Waals surface area contributed by atoms with Crippen molar-refractivity contribution in [3.63, 3.8) is 0 Å². The summed E-state index contributed by atoms with van der Waals surface area (Å²) in [5, 5.41) is 9.80. The molecule has 1 saturated heterocycles. The first-order valence-electron chi connectivity index (χ1n) is 8.70. The van der Waals surface area contributed by atoms with Crippen molar-refractivity contribution in [2.75, 3.05) is 18.0 Å². The van der Waals surface area contributed by atoms with Crippen LogP contribution in [0.5, 0.6) is 0 Å². The molecule has 116 valence electrons. The zero-order valence-electron chi connectivity index (χ0n) is 13.4. The Hall–Kier alpha value is -2.34. The Labute approximate surface area is 137 Å². The lowest BCUT2D eigenvalue weighted by Gasteiger charge is -2.22. The number of aromatic amines is 1. The molecule has 0 amide bonds. The summed E-state index contributed by atoms with van der Waals surface area (Å²) in [6, 6.07) is 13.1. The molecule has 3 heteroatoms. The van der Waals surface area contributed by atoms with Crippen LogP contribution in [0.4, 0.5) is 5.82 Å². The summed E-state index contributed by atoms with van der Waals surface area (Å²) in [5.41, 5.74) is 6.00. The van der Waals surface area contributed by atoms with Crippen LogP contribution in [0.2, 0.25) is 0 Å². The van der Waals surface area contributed by atoms with Crippen molar-refractivity contribution in [2.24, 2.45) is 0 Å². The molecule has 1 fully saturated rings. The molecule has 23 heavy (non-hydrogen) atoms. The number of fused-ring (bicyclic) bond motifs is 1. The Morgan fingerprint density at radius 1 is 0.913 bits per heavy atom. The molecule has 1 aromatic heterocycles. The summed E-state index contributed by atoms with van der Waals surface area (Å²) in [4.78, 5) is 6.01. The standard InChI is InChI=1S/C20H21N3/c21-14-18-16-10-4-5-11-17(16)19(15-8-2-1-3-9-15)22-20(18)23-12-6-7-13-23/h1-3,8-9H,4-7,10-13H2/p+1. The number of rotatable bonds is 2. The first-order chi connectivity index (χ1) is 11.4. The smallest absolute Gasteiger partial charge is 0.261 e. The monoisotopic (exact) mass is 304 g/mol. The molecule has 0 bridgehead atoms. The highest BCUT2D eigenvalue weighted by Crippen LogP contribution is 2.34. The van der Waals surface area contributed by atoms with Gasteiger partial charge in [0, 0.05) is 11.1 Å². The zero-order chi connectivity index (χ0) is 15.6. The van der Waals surface area contributed by atoms with Crippen molar-refractivity contribution in [2.45, 2.75) is 38.5 Å². The molecule has 0 spiro atoms. The fourth-order valence-electron chi connectivity index (χ4n) is 4.01. The van der Waals surface area contributed by atoms with Crippen molar-refractivity contribution in [1.82, 2.24) is 0 Å². The Kier molecular flexibility index (Phi) is 3.75. The van der Waals surface area contributed by atoms with E-state index in [2.05, 4.69) is 46.3 Å². The van der Waals surface area contributed by atoms with Crippen LogP contribution in [0.3, 0.4) is 0 Å². The van der Waals surface area contributed by atoms with E-state index in [0.717, 1.165) is 37.3 Å². The molecule has 2 aliphatic rings. The van der Waals surface area contributed by atoms with Crippen LogP contribution in [0.25, 0.3) is 11.3 Å². The summed E-state index contributed by atoms with van der Waals surface area (Å²) in [6.45, 7) is 2.11. The van der Waals surface area contributed by atoms with E-state index in [0.29, 0.717) is 0 Å². The fraction of sp³-hybridized carbons (Fsp3) is 0.400. The number of aromatic nitrogens is 1. The number of nitriles is 1. The molecule has 1 aliphatic carbocycles. The van der Waals surface area contributed by atoms with E-state index < -0.39 is 0 Å². The van der Waals surface area contributed by atoms with Crippen molar-refractivity contribution < 1.29 is 4.98 Å². The van der Waals surface area contributed by atoms with Crippen molar-refractivity contribution >= 4 is 5.82 Å². The van der Waals surface area contributed by atoms with Gasteiger partial charge in [0.1, 0.15) is 17.3 Å². The van der Waals surface area contributed by atoms with Crippen molar-refractivity contribution in [3.05, 3.63) is 47.0 Å². The lowest BCUT2D eigenvalue weighted by Crippen LogP contribution is -2.31. The number of pyridine rings is 1. The minimum Gasteiger partial charge on any atom is -0.261 e. The van der Waals surface area contributed by atoms with Crippen LogP contribution in [-0.2, 0) is 12.8 Å². The lowest BCUT2D eigenvalue weighted by atomic mass is 9.86. The highest BCUT2D eigenvalue weighted by molar-refractivity contribution is 5.68. The van der Waals surface area contributed by atoms with Crippen LogP contribution in [-0.4, -0.2) is 13.1 Å². The Morgan fingerprint density at radius 3 is 2.30 bits per heavy atom. The van der Waals surface area contributed by atoms with E-state index in [-0.39, 0.29) is 0 Å². The Bertz CT molecular complexity index is 753. The van der Waals surface area contributed by atoms with E-state index in [1.54, 1.807) is 0 Å². The third-order valence-electron chi connectivity index (χ3n) is 5.15. The molecule has 1 aliphatic heterocycles. The molecule has 1 aromatic carbocycles. The Morgan fingerprint density at radius 2 is 1.61 bits per heavy atom. The number of hydrogen-bond donors (Lipinski definition) is 0. The maximum Gasteiger partial charge on any atom is 0.293 e. The number of nitrogens with one attached hydrogen (secondary N) is 1. The van der Waals surface area contributed by atoms with Gasteiger partial charge in [-0.1, -0.05) is 30.3 Å². The maximum atomic E-state index is 9.80. The summed E-state index contributed by atoms with van der Waals surface area (Å²) >= 11 is 0. The fourth-order valence-corrected chi connectivity index (χ4v) is 4.01. The van der Waals surface area contributed by atoms with Crippen LogP contribution in [0, 0.1) is 11.3 Å². The molecule has 0 atom stereocenters. The van der Waals surface area contributed by atoms with Gasteiger partial charge >= 0.3 is 0 Å². The maximum absolute atomic E-state index is 9.80. The number of H-pyrrole nitrogens is 1. The summed E-state index contributed by atoms with van der Waals surface area (Å²) in [6.07, 6.45) is 6.96. The van der Waals surface area contributed by atoms with Crippen LogP contribution < -0.4 is 9.88 Å². The number of nitrogens with zero attached hydrogens (tertiary/aromatic N) is 2. The molecule has 2 aromatic rings. The summed E-state index contributed by atoms with van der Waals surface area (Å²) in [5.74, 6) is 1.05. The Balaban J connectivity index is 1.95. The average molecular weight is 304 g/mol. The molecule has 4 rings (SSSR count). The van der Waals surface area contributed by atoms with Gasteiger partial charge in [-0.25, -0.2) is 4.98 Å². The van der Waals surface area contributed by atoms with Gasteiger partial charge < -0.3 is 0 Å². The second-order valence-corrected chi connectivity index (χ2v) is 6.56. The zero-order valence-corrected chi connectivity index (χ0v) is 13.4. The minimum absolute atomic E-state index is 0.890. The largest absolute Gasteiger partial charge is 0.293 e.